The molecule has 1 unspecified atom stereocenters. The molecule has 1 aliphatic heterocycles. The summed E-state index contributed by atoms with van der Waals surface area (Å²) in [5.74, 6) is -1.23. The van der Waals surface area contributed by atoms with Crippen molar-refractivity contribution in [2.75, 3.05) is 19.6 Å². The van der Waals surface area contributed by atoms with E-state index in [1.807, 2.05) is 6.92 Å². The molecule has 21 heavy (non-hydrogen) atoms. The third kappa shape index (κ3) is 6.12. The van der Waals surface area contributed by atoms with Gasteiger partial charge >= 0.3 is 5.97 Å². The molecular formula is C14H24N2O5. The Morgan fingerprint density at radius 3 is 2.62 bits per heavy atom. The molecule has 2 N–H and O–H groups in total. The molecule has 1 aliphatic rings. The zero-order valence-electron chi connectivity index (χ0n) is 12.6. The van der Waals surface area contributed by atoms with Crippen LogP contribution in [0.2, 0.25) is 0 Å². The van der Waals surface area contributed by atoms with Crippen molar-refractivity contribution < 1.29 is 24.2 Å². The molecular weight excluding hydrogens is 276 g/mol. The highest BCUT2D eigenvalue weighted by molar-refractivity contribution is 5.80. The first kappa shape index (κ1) is 17.4. The van der Waals surface area contributed by atoms with Crippen LogP contribution in [0.15, 0.2) is 0 Å². The number of hydrogen-bond donors (Lipinski definition) is 2. The molecule has 0 aromatic rings. The van der Waals surface area contributed by atoms with Crippen LogP contribution < -0.4 is 5.32 Å². The average Bonchev–Trinajstić information content (AvgIpc) is 2.44. The van der Waals surface area contributed by atoms with E-state index in [2.05, 4.69) is 5.32 Å². The summed E-state index contributed by atoms with van der Waals surface area (Å²) in [6.07, 6.45) is 0.652. The van der Waals surface area contributed by atoms with Gasteiger partial charge in [0.05, 0.1) is 12.6 Å². The van der Waals surface area contributed by atoms with E-state index in [9.17, 15) is 14.4 Å². The number of carbonyl (C=O) groups excluding carboxylic acids is 2. The zero-order valence-corrected chi connectivity index (χ0v) is 12.6. The van der Waals surface area contributed by atoms with E-state index in [0.29, 0.717) is 25.9 Å². The summed E-state index contributed by atoms with van der Waals surface area (Å²) in [4.78, 5) is 35.9. The lowest BCUT2D eigenvalue weighted by Gasteiger charge is -2.35. The quantitative estimate of drug-likeness (QED) is 0.709. The van der Waals surface area contributed by atoms with Crippen LogP contribution in [-0.4, -0.2) is 59.6 Å². The fourth-order valence-electron chi connectivity index (χ4n) is 2.20. The van der Waals surface area contributed by atoms with Gasteiger partial charge in [0.2, 0.25) is 11.8 Å². The third-order valence-electron chi connectivity index (χ3n) is 3.26. The smallest absolute Gasteiger partial charge is 0.334 e. The van der Waals surface area contributed by atoms with Gasteiger partial charge in [-0.25, -0.2) is 4.79 Å². The molecule has 7 nitrogen and oxygen atoms in total. The second kappa shape index (κ2) is 8.61. The van der Waals surface area contributed by atoms with E-state index in [1.165, 1.54) is 4.90 Å². The second-order valence-corrected chi connectivity index (χ2v) is 5.28. The predicted octanol–water partition coefficient (Wildman–Crippen LogP) is 0.383. The molecule has 0 radical (unpaired) electrons. The SMILES string of the molecule is CCCNC(=O)CCCC(=O)N1CC(C(=O)O)O[C@H](C)C1. The number of morpholine rings is 1. The van der Waals surface area contributed by atoms with E-state index < -0.39 is 12.1 Å². The van der Waals surface area contributed by atoms with Crippen molar-refractivity contribution >= 4 is 17.8 Å². The Labute approximate surface area is 124 Å². The number of carboxylic acids is 1. The Kier molecular flexibility index (Phi) is 7.14. The molecule has 2 atom stereocenters. The number of rotatable bonds is 7. The molecule has 1 heterocycles. The molecule has 1 rings (SSSR count). The number of nitrogens with zero attached hydrogens (tertiary/aromatic N) is 1. The third-order valence-corrected chi connectivity index (χ3v) is 3.26. The molecule has 2 amide bonds. The van der Waals surface area contributed by atoms with E-state index in [4.69, 9.17) is 9.84 Å². The van der Waals surface area contributed by atoms with E-state index in [1.54, 1.807) is 6.92 Å². The molecule has 0 bridgehead atoms. The molecule has 7 heteroatoms. The number of amides is 2. The van der Waals surface area contributed by atoms with Gasteiger partial charge in [-0.15, -0.1) is 0 Å². The van der Waals surface area contributed by atoms with Gasteiger partial charge in [-0.2, -0.15) is 0 Å². The molecule has 0 aliphatic carbocycles. The Bertz CT molecular complexity index is 386. The first-order valence-electron chi connectivity index (χ1n) is 7.36. The van der Waals surface area contributed by atoms with Crippen LogP contribution in [0.3, 0.4) is 0 Å². The first-order chi connectivity index (χ1) is 9.93. The second-order valence-electron chi connectivity index (χ2n) is 5.28. The Hall–Kier alpha value is -1.63. The highest BCUT2D eigenvalue weighted by Gasteiger charge is 2.32. The maximum Gasteiger partial charge on any atom is 0.334 e. The summed E-state index contributed by atoms with van der Waals surface area (Å²) in [6, 6.07) is 0. The van der Waals surface area contributed by atoms with Crippen LogP contribution in [-0.2, 0) is 19.1 Å². The number of ether oxygens (including phenoxy) is 1. The average molecular weight is 300 g/mol. The maximum atomic E-state index is 12.1. The molecule has 0 aromatic carbocycles. The number of carboxylic acid groups (broad SMARTS) is 1. The van der Waals surface area contributed by atoms with Gasteiger partial charge in [0.1, 0.15) is 0 Å². The Morgan fingerprint density at radius 1 is 1.29 bits per heavy atom. The lowest BCUT2D eigenvalue weighted by Crippen LogP contribution is -2.51. The predicted molar refractivity (Wildman–Crippen MR) is 75.7 cm³/mol. The lowest BCUT2D eigenvalue weighted by molar-refractivity contribution is -0.166. The standard InChI is InChI=1S/C14H24N2O5/c1-3-7-15-12(17)5-4-6-13(18)16-8-10(2)21-11(9-16)14(19)20/h10-11H,3-9H2,1-2H3,(H,15,17)(H,19,20)/t10-,11?/m1/s1. The minimum atomic E-state index is -1.06. The molecule has 0 saturated carbocycles. The Balaban J connectivity index is 2.34. The molecule has 1 fully saturated rings. The largest absolute Gasteiger partial charge is 0.479 e. The van der Waals surface area contributed by atoms with Crippen molar-refractivity contribution in [3.8, 4) is 0 Å². The van der Waals surface area contributed by atoms with Crippen LogP contribution in [0.5, 0.6) is 0 Å². The van der Waals surface area contributed by atoms with Crippen LogP contribution in [0, 0.1) is 0 Å². The monoisotopic (exact) mass is 300 g/mol. The summed E-state index contributed by atoms with van der Waals surface area (Å²) in [5.41, 5.74) is 0. The number of hydrogen-bond acceptors (Lipinski definition) is 4. The van der Waals surface area contributed by atoms with Gasteiger partial charge in [0.25, 0.3) is 0 Å². The topological polar surface area (TPSA) is 95.9 Å². The Morgan fingerprint density at radius 2 is 2.00 bits per heavy atom. The minimum Gasteiger partial charge on any atom is -0.479 e. The number of aliphatic carboxylic acids is 1. The van der Waals surface area contributed by atoms with Gasteiger partial charge in [0.15, 0.2) is 6.10 Å². The fraction of sp³-hybridized carbons (Fsp3) is 0.786. The number of nitrogens with one attached hydrogen (secondary N) is 1. The molecule has 0 spiro atoms. The van der Waals surface area contributed by atoms with E-state index in [0.717, 1.165) is 6.42 Å². The van der Waals surface area contributed by atoms with Gasteiger partial charge < -0.3 is 20.1 Å². The van der Waals surface area contributed by atoms with Crippen LogP contribution >= 0.6 is 0 Å². The maximum absolute atomic E-state index is 12.1. The van der Waals surface area contributed by atoms with Gasteiger partial charge in [0, 0.05) is 25.9 Å². The fourth-order valence-corrected chi connectivity index (χ4v) is 2.20. The van der Waals surface area contributed by atoms with E-state index in [-0.39, 0.29) is 30.9 Å². The first-order valence-corrected chi connectivity index (χ1v) is 7.36. The minimum absolute atomic E-state index is 0.0524. The summed E-state index contributed by atoms with van der Waals surface area (Å²) < 4.78 is 5.26. The van der Waals surface area contributed by atoms with Crippen molar-refractivity contribution in [2.45, 2.75) is 51.7 Å². The normalized spacial score (nSPS) is 21.9. The molecule has 120 valence electrons. The number of carbonyl (C=O) groups is 3. The lowest BCUT2D eigenvalue weighted by atomic mass is 10.1. The highest BCUT2D eigenvalue weighted by atomic mass is 16.5. The van der Waals surface area contributed by atoms with Gasteiger partial charge in [-0.05, 0) is 19.8 Å². The van der Waals surface area contributed by atoms with Gasteiger partial charge in [-0.3, -0.25) is 9.59 Å². The van der Waals surface area contributed by atoms with Crippen molar-refractivity contribution in [1.82, 2.24) is 10.2 Å². The summed E-state index contributed by atoms with van der Waals surface area (Å²) in [7, 11) is 0. The van der Waals surface area contributed by atoms with Crippen LogP contribution in [0.4, 0.5) is 0 Å². The van der Waals surface area contributed by atoms with E-state index >= 15 is 0 Å². The molecule has 0 aromatic heterocycles. The van der Waals surface area contributed by atoms with Crippen molar-refractivity contribution in [1.29, 1.82) is 0 Å². The summed E-state index contributed by atoms with van der Waals surface area (Å²) >= 11 is 0. The molecule has 1 saturated heterocycles. The van der Waals surface area contributed by atoms with Crippen molar-refractivity contribution in [3.63, 3.8) is 0 Å². The van der Waals surface area contributed by atoms with Gasteiger partial charge in [-0.1, -0.05) is 6.92 Å². The van der Waals surface area contributed by atoms with Crippen LogP contribution in [0.1, 0.15) is 39.5 Å². The van der Waals surface area contributed by atoms with Crippen LogP contribution in [0.25, 0.3) is 0 Å². The van der Waals surface area contributed by atoms with Crippen molar-refractivity contribution in [2.24, 2.45) is 0 Å². The summed E-state index contributed by atoms with van der Waals surface area (Å²) in [6.45, 7) is 4.83. The van der Waals surface area contributed by atoms with Crippen molar-refractivity contribution in [3.05, 3.63) is 0 Å². The summed E-state index contributed by atoms with van der Waals surface area (Å²) in [5, 5.41) is 11.7. The highest BCUT2D eigenvalue weighted by Crippen LogP contribution is 2.13. The zero-order chi connectivity index (χ0) is 15.8.